The van der Waals surface area contributed by atoms with Crippen molar-refractivity contribution in [1.29, 1.82) is 0 Å². The predicted octanol–water partition coefficient (Wildman–Crippen LogP) is -0.467. The molecule has 0 fully saturated rings. The van der Waals surface area contributed by atoms with Crippen molar-refractivity contribution in [2.45, 2.75) is 25.6 Å². The molecule has 5 heteroatoms. The minimum atomic E-state index is -0.934. The van der Waals surface area contributed by atoms with E-state index >= 15 is 0 Å². The van der Waals surface area contributed by atoms with Crippen molar-refractivity contribution >= 4 is 5.97 Å². The Kier molecular flexibility index (Phi) is 7.00. The first-order chi connectivity index (χ1) is 6.61. The average Bonchev–Trinajstić information content (AvgIpc) is 2.14. The van der Waals surface area contributed by atoms with Crippen LogP contribution in [0.3, 0.4) is 0 Å². The molecular formula is C9H18N2O3. The Balaban J connectivity index is 3.90. The molecule has 0 saturated carbocycles. The molecule has 0 amide bonds. The Bertz CT molecular complexity index is 194. The molecule has 0 aromatic carbocycles. The van der Waals surface area contributed by atoms with E-state index in [2.05, 4.69) is 10.6 Å². The Morgan fingerprint density at radius 2 is 2.21 bits per heavy atom. The smallest absolute Gasteiger partial charge is 0.305 e. The maximum atomic E-state index is 10.4. The van der Waals surface area contributed by atoms with Gasteiger partial charge in [0.15, 0.2) is 0 Å². The summed E-state index contributed by atoms with van der Waals surface area (Å²) in [6.07, 6.45) is 2.73. The van der Waals surface area contributed by atoms with Gasteiger partial charge < -0.3 is 15.5 Å². The van der Waals surface area contributed by atoms with E-state index in [-0.39, 0.29) is 6.42 Å². The van der Waals surface area contributed by atoms with E-state index in [1.54, 1.807) is 7.05 Å². The minimum Gasteiger partial charge on any atom is -0.481 e. The zero-order valence-corrected chi connectivity index (χ0v) is 8.53. The first-order valence-electron chi connectivity index (χ1n) is 4.53. The summed E-state index contributed by atoms with van der Waals surface area (Å²) in [4.78, 5) is 10.4. The van der Waals surface area contributed by atoms with Gasteiger partial charge in [0.1, 0.15) is 6.23 Å². The summed E-state index contributed by atoms with van der Waals surface area (Å²) >= 11 is 0. The number of aliphatic hydroxyl groups excluding tert-OH is 1. The van der Waals surface area contributed by atoms with E-state index in [4.69, 9.17) is 5.11 Å². The van der Waals surface area contributed by atoms with Crippen LogP contribution in [0.1, 0.15) is 13.3 Å². The zero-order chi connectivity index (χ0) is 11.0. The van der Waals surface area contributed by atoms with Crippen LogP contribution in [0.4, 0.5) is 0 Å². The molecule has 0 bridgehead atoms. The van der Waals surface area contributed by atoms with Gasteiger partial charge in [0.05, 0.1) is 12.5 Å². The van der Waals surface area contributed by atoms with E-state index in [9.17, 15) is 9.90 Å². The monoisotopic (exact) mass is 202 g/mol. The number of aliphatic carboxylic acids is 1. The molecule has 2 atom stereocenters. The van der Waals surface area contributed by atoms with E-state index in [1.165, 1.54) is 0 Å². The van der Waals surface area contributed by atoms with Crippen LogP contribution in [-0.4, -0.2) is 42.0 Å². The SMILES string of the molecule is C/C=C/CNC(O)C(CC(=O)O)NC. The molecule has 0 spiro atoms. The number of rotatable bonds is 7. The second-order valence-electron chi connectivity index (χ2n) is 2.92. The molecule has 5 nitrogen and oxygen atoms in total. The van der Waals surface area contributed by atoms with Crippen molar-refractivity contribution in [1.82, 2.24) is 10.6 Å². The van der Waals surface area contributed by atoms with Crippen molar-refractivity contribution in [3.63, 3.8) is 0 Å². The maximum absolute atomic E-state index is 10.4. The molecule has 0 aromatic heterocycles. The van der Waals surface area contributed by atoms with Crippen LogP contribution < -0.4 is 10.6 Å². The number of nitrogens with one attached hydrogen (secondary N) is 2. The number of aliphatic hydroxyl groups is 1. The summed E-state index contributed by atoms with van der Waals surface area (Å²) < 4.78 is 0. The van der Waals surface area contributed by atoms with Gasteiger partial charge in [-0.1, -0.05) is 12.2 Å². The summed E-state index contributed by atoms with van der Waals surface area (Å²) in [5.41, 5.74) is 0. The zero-order valence-electron chi connectivity index (χ0n) is 8.53. The van der Waals surface area contributed by atoms with Gasteiger partial charge in [-0.15, -0.1) is 0 Å². The second kappa shape index (κ2) is 7.49. The first-order valence-corrected chi connectivity index (χ1v) is 4.53. The third kappa shape index (κ3) is 5.69. The van der Waals surface area contributed by atoms with E-state index in [0.29, 0.717) is 6.54 Å². The van der Waals surface area contributed by atoms with Gasteiger partial charge in [0, 0.05) is 6.54 Å². The second-order valence-corrected chi connectivity index (χ2v) is 2.92. The van der Waals surface area contributed by atoms with Gasteiger partial charge in [-0.3, -0.25) is 10.1 Å². The summed E-state index contributed by atoms with van der Waals surface area (Å²) in [6.45, 7) is 2.40. The number of carbonyl (C=O) groups is 1. The molecule has 2 unspecified atom stereocenters. The molecule has 0 aliphatic rings. The molecule has 4 N–H and O–H groups in total. The van der Waals surface area contributed by atoms with Crippen LogP contribution in [0, 0.1) is 0 Å². The summed E-state index contributed by atoms with van der Waals surface area (Å²) in [6, 6.07) is -0.474. The number of carboxylic acids is 1. The topological polar surface area (TPSA) is 81.6 Å². The fourth-order valence-corrected chi connectivity index (χ4v) is 1.01. The maximum Gasteiger partial charge on any atom is 0.305 e. The number of allylic oxidation sites excluding steroid dienone is 1. The van der Waals surface area contributed by atoms with Crippen LogP contribution in [0.25, 0.3) is 0 Å². The van der Waals surface area contributed by atoms with Crippen molar-refractivity contribution < 1.29 is 15.0 Å². The number of hydrogen-bond donors (Lipinski definition) is 4. The Morgan fingerprint density at radius 3 is 2.64 bits per heavy atom. The normalized spacial score (nSPS) is 15.6. The highest BCUT2D eigenvalue weighted by Gasteiger charge is 2.18. The lowest BCUT2D eigenvalue weighted by Crippen LogP contribution is -2.47. The van der Waals surface area contributed by atoms with Gasteiger partial charge >= 0.3 is 5.97 Å². The highest BCUT2D eigenvalue weighted by atomic mass is 16.4. The molecule has 0 aliphatic carbocycles. The lowest BCUT2D eigenvalue weighted by atomic mass is 10.2. The highest BCUT2D eigenvalue weighted by Crippen LogP contribution is 1.96. The van der Waals surface area contributed by atoms with Gasteiger partial charge in [0.25, 0.3) is 0 Å². The summed E-state index contributed by atoms with van der Waals surface area (Å²) in [7, 11) is 1.62. The molecule has 82 valence electrons. The molecule has 0 saturated heterocycles. The number of carboxylic acid groups (broad SMARTS) is 1. The van der Waals surface area contributed by atoms with Crippen LogP contribution in [0.5, 0.6) is 0 Å². The Morgan fingerprint density at radius 1 is 1.57 bits per heavy atom. The van der Waals surface area contributed by atoms with Crippen LogP contribution >= 0.6 is 0 Å². The van der Waals surface area contributed by atoms with E-state index in [0.717, 1.165) is 0 Å². The Hall–Kier alpha value is -0.910. The fourth-order valence-electron chi connectivity index (χ4n) is 1.01. The molecule has 0 aromatic rings. The van der Waals surface area contributed by atoms with E-state index < -0.39 is 18.2 Å². The molecular weight excluding hydrogens is 184 g/mol. The fraction of sp³-hybridized carbons (Fsp3) is 0.667. The average molecular weight is 202 g/mol. The van der Waals surface area contributed by atoms with Crippen molar-refractivity contribution in [3.05, 3.63) is 12.2 Å². The predicted molar refractivity (Wildman–Crippen MR) is 53.9 cm³/mol. The molecule has 0 rings (SSSR count). The lowest BCUT2D eigenvalue weighted by Gasteiger charge is -2.21. The Labute approximate surface area is 83.8 Å². The van der Waals surface area contributed by atoms with Crippen LogP contribution in [0.15, 0.2) is 12.2 Å². The molecule has 0 aliphatic heterocycles. The van der Waals surface area contributed by atoms with Crippen molar-refractivity contribution in [2.24, 2.45) is 0 Å². The van der Waals surface area contributed by atoms with Crippen LogP contribution in [0.2, 0.25) is 0 Å². The number of likely N-dealkylation sites (N-methyl/N-ethyl adjacent to an activating group) is 1. The van der Waals surface area contributed by atoms with E-state index in [1.807, 2.05) is 19.1 Å². The largest absolute Gasteiger partial charge is 0.481 e. The summed E-state index contributed by atoms with van der Waals surface area (Å²) in [5, 5.41) is 23.6. The standard InChI is InChI=1S/C9H18N2O3/c1-3-4-5-11-9(14)7(10-2)6-8(12)13/h3-4,7,9-11,14H,5-6H2,1-2H3,(H,12,13)/b4-3+. The van der Waals surface area contributed by atoms with Gasteiger partial charge in [0.2, 0.25) is 0 Å². The first kappa shape index (κ1) is 13.1. The lowest BCUT2D eigenvalue weighted by molar-refractivity contribution is -0.138. The minimum absolute atomic E-state index is 0.111. The molecule has 0 radical (unpaired) electrons. The van der Waals surface area contributed by atoms with Crippen LogP contribution in [-0.2, 0) is 4.79 Å². The quantitative estimate of drug-likeness (QED) is 0.331. The van der Waals surface area contributed by atoms with Gasteiger partial charge in [-0.05, 0) is 14.0 Å². The highest BCUT2D eigenvalue weighted by molar-refractivity contribution is 5.67. The third-order valence-electron chi connectivity index (χ3n) is 1.83. The van der Waals surface area contributed by atoms with Gasteiger partial charge in [-0.25, -0.2) is 0 Å². The van der Waals surface area contributed by atoms with Crippen molar-refractivity contribution in [3.8, 4) is 0 Å². The number of hydrogen-bond acceptors (Lipinski definition) is 4. The summed E-state index contributed by atoms with van der Waals surface area (Å²) in [5.74, 6) is -0.934. The third-order valence-corrected chi connectivity index (χ3v) is 1.83. The van der Waals surface area contributed by atoms with Crippen molar-refractivity contribution in [2.75, 3.05) is 13.6 Å². The molecule has 14 heavy (non-hydrogen) atoms. The molecule has 0 heterocycles. The van der Waals surface area contributed by atoms with Gasteiger partial charge in [-0.2, -0.15) is 0 Å².